The van der Waals surface area contributed by atoms with Crippen molar-refractivity contribution in [1.82, 2.24) is 9.38 Å². The SMILES string of the molecule is O=C(O)c1cn2cc(C3CC3)cc(Br)c2n1. The van der Waals surface area contributed by atoms with Crippen molar-refractivity contribution in [2.75, 3.05) is 0 Å². The van der Waals surface area contributed by atoms with Crippen molar-refractivity contribution in [3.05, 3.63) is 34.2 Å². The second-order valence-corrected chi connectivity index (χ2v) is 4.91. The molecule has 2 aromatic rings. The zero-order chi connectivity index (χ0) is 11.3. The predicted molar refractivity (Wildman–Crippen MR) is 61.8 cm³/mol. The molecule has 4 nitrogen and oxygen atoms in total. The minimum Gasteiger partial charge on any atom is -0.476 e. The number of imidazole rings is 1. The highest BCUT2D eigenvalue weighted by atomic mass is 79.9. The van der Waals surface area contributed by atoms with Gasteiger partial charge in [-0.15, -0.1) is 0 Å². The Morgan fingerprint density at radius 3 is 2.88 bits per heavy atom. The molecule has 0 aliphatic heterocycles. The van der Waals surface area contributed by atoms with E-state index in [0.717, 1.165) is 4.47 Å². The molecule has 1 N–H and O–H groups in total. The van der Waals surface area contributed by atoms with Gasteiger partial charge in [-0.25, -0.2) is 9.78 Å². The van der Waals surface area contributed by atoms with Crippen LogP contribution < -0.4 is 0 Å². The summed E-state index contributed by atoms with van der Waals surface area (Å²) in [5.74, 6) is -0.361. The molecule has 82 valence electrons. The maximum Gasteiger partial charge on any atom is 0.356 e. The second-order valence-electron chi connectivity index (χ2n) is 4.06. The Balaban J connectivity index is 2.21. The van der Waals surface area contributed by atoms with Gasteiger partial charge < -0.3 is 9.51 Å². The monoisotopic (exact) mass is 280 g/mol. The Morgan fingerprint density at radius 2 is 2.25 bits per heavy atom. The Hall–Kier alpha value is -1.36. The van der Waals surface area contributed by atoms with Gasteiger partial charge in [0.25, 0.3) is 0 Å². The van der Waals surface area contributed by atoms with Gasteiger partial charge in [0.2, 0.25) is 0 Å². The molecular formula is C11H9BrN2O2. The third kappa shape index (κ3) is 1.51. The summed E-state index contributed by atoms with van der Waals surface area (Å²) < 4.78 is 2.63. The molecule has 2 heterocycles. The van der Waals surface area contributed by atoms with Crippen LogP contribution in [0.5, 0.6) is 0 Å². The van der Waals surface area contributed by atoms with Crippen molar-refractivity contribution < 1.29 is 9.90 Å². The molecule has 1 aliphatic carbocycles. The first-order valence-corrected chi connectivity index (χ1v) is 5.86. The molecule has 2 aromatic heterocycles. The quantitative estimate of drug-likeness (QED) is 0.920. The number of hydrogen-bond acceptors (Lipinski definition) is 2. The fourth-order valence-corrected chi connectivity index (χ4v) is 2.38. The smallest absolute Gasteiger partial charge is 0.356 e. The summed E-state index contributed by atoms with van der Waals surface area (Å²) in [7, 11) is 0. The Morgan fingerprint density at radius 1 is 1.50 bits per heavy atom. The molecule has 0 bridgehead atoms. The van der Waals surface area contributed by atoms with Crippen molar-refractivity contribution >= 4 is 27.5 Å². The maximum atomic E-state index is 10.8. The van der Waals surface area contributed by atoms with Crippen LogP contribution in [-0.2, 0) is 0 Å². The fraction of sp³-hybridized carbons (Fsp3) is 0.273. The fourth-order valence-electron chi connectivity index (χ4n) is 1.82. The molecule has 0 spiro atoms. The topological polar surface area (TPSA) is 54.6 Å². The van der Waals surface area contributed by atoms with Gasteiger partial charge in [0.05, 0.1) is 4.47 Å². The normalized spacial score (nSPS) is 15.6. The van der Waals surface area contributed by atoms with E-state index < -0.39 is 5.97 Å². The van der Waals surface area contributed by atoms with Crippen molar-refractivity contribution in [3.8, 4) is 0 Å². The molecule has 0 atom stereocenters. The van der Waals surface area contributed by atoms with Crippen LogP contribution in [0.25, 0.3) is 5.65 Å². The molecule has 1 aliphatic rings. The minimum absolute atomic E-state index is 0.0775. The number of aromatic nitrogens is 2. The molecule has 5 heteroatoms. The lowest BCUT2D eigenvalue weighted by molar-refractivity contribution is 0.0691. The van der Waals surface area contributed by atoms with Crippen molar-refractivity contribution in [1.29, 1.82) is 0 Å². The minimum atomic E-state index is -0.997. The summed E-state index contributed by atoms with van der Waals surface area (Å²) >= 11 is 3.43. The number of carboxylic acids is 1. The second kappa shape index (κ2) is 3.31. The molecule has 0 radical (unpaired) electrons. The number of nitrogens with zero attached hydrogens (tertiary/aromatic N) is 2. The maximum absolute atomic E-state index is 10.8. The summed E-state index contributed by atoms with van der Waals surface area (Å²) in [5, 5.41) is 8.88. The van der Waals surface area contributed by atoms with E-state index in [1.165, 1.54) is 18.4 Å². The number of pyridine rings is 1. The van der Waals surface area contributed by atoms with E-state index in [1.54, 1.807) is 10.6 Å². The average Bonchev–Trinajstić information content (AvgIpc) is 2.97. The van der Waals surface area contributed by atoms with Crippen LogP contribution in [0.2, 0.25) is 0 Å². The lowest BCUT2D eigenvalue weighted by atomic mass is 10.2. The van der Waals surface area contributed by atoms with E-state index in [1.807, 2.05) is 12.3 Å². The first kappa shape index (κ1) is 9.84. The molecule has 1 fully saturated rings. The van der Waals surface area contributed by atoms with Gasteiger partial charge >= 0.3 is 5.97 Å². The first-order chi connectivity index (χ1) is 7.65. The number of fused-ring (bicyclic) bond motifs is 1. The largest absolute Gasteiger partial charge is 0.476 e. The highest BCUT2D eigenvalue weighted by molar-refractivity contribution is 9.10. The summed E-state index contributed by atoms with van der Waals surface area (Å²) in [6.45, 7) is 0. The molecule has 16 heavy (non-hydrogen) atoms. The molecule has 0 aromatic carbocycles. The van der Waals surface area contributed by atoms with Crippen molar-refractivity contribution in [2.24, 2.45) is 0 Å². The van der Waals surface area contributed by atoms with E-state index >= 15 is 0 Å². The highest BCUT2D eigenvalue weighted by Gasteiger charge is 2.25. The van der Waals surface area contributed by atoms with E-state index in [0.29, 0.717) is 11.6 Å². The summed E-state index contributed by atoms with van der Waals surface area (Å²) in [6, 6.07) is 2.03. The average molecular weight is 281 g/mol. The Kier molecular flexibility index (Phi) is 2.04. The van der Waals surface area contributed by atoms with Gasteiger partial charge in [-0.05, 0) is 46.3 Å². The predicted octanol–water partition coefficient (Wildman–Crippen LogP) is 2.67. The van der Waals surface area contributed by atoms with E-state index in [2.05, 4.69) is 20.9 Å². The summed E-state index contributed by atoms with van der Waals surface area (Å²) in [4.78, 5) is 14.9. The van der Waals surface area contributed by atoms with Crippen LogP contribution >= 0.6 is 15.9 Å². The van der Waals surface area contributed by atoms with Crippen LogP contribution in [0.1, 0.15) is 34.8 Å². The van der Waals surface area contributed by atoms with E-state index in [4.69, 9.17) is 5.11 Å². The Bertz CT molecular complexity index is 587. The van der Waals surface area contributed by atoms with Gasteiger partial charge in [-0.2, -0.15) is 0 Å². The Labute approximate surface area is 100 Å². The van der Waals surface area contributed by atoms with Gasteiger partial charge in [-0.1, -0.05) is 0 Å². The zero-order valence-corrected chi connectivity index (χ0v) is 9.94. The van der Waals surface area contributed by atoms with Gasteiger partial charge in [0.15, 0.2) is 11.3 Å². The summed E-state index contributed by atoms with van der Waals surface area (Å²) in [6.07, 6.45) is 5.96. The standard InChI is InChI=1S/C11H9BrN2O2/c12-8-3-7(6-1-2-6)4-14-5-9(11(15)16)13-10(8)14/h3-6H,1-2H2,(H,15,16). The van der Waals surface area contributed by atoms with Crippen LogP contribution in [0.15, 0.2) is 22.9 Å². The molecule has 3 rings (SSSR count). The molecule has 0 saturated heterocycles. The molecule has 0 unspecified atom stereocenters. The van der Waals surface area contributed by atoms with Crippen molar-refractivity contribution in [3.63, 3.8) is 0 Å². The van der Waals surface area contributed by atoms with Gasteiger partial charge in [0.1, 0.15) is 0 Å². The highest BCUT2D eigenvalue weighted by Crippen LogP contribution is 2.41. The van der Waals surface area contributed by atoms with Crippen LogP contribution in [0, 0.1) is 0 Å². The lowest BCUT2D eigenvalue weighted by Gasteiger charge is -2.01. The number of carboxylic acid groups (broad SMARTS) is 1. The van der Waals surface area contributed by atoms with Gasteiger partial charge in [0, 0.05) is 12.4 Å². The van der Waals surface area contributed by atoms with E-state index in [-0.39, 0.29) is 5.69 Å². The number of rotatable bonds is 2. The van der Waals surface area contributed by atoms with Crippen LogP contribution in [0.4, 0.5) is 0 Å². The first-order valence-electron chi connectivity index (χ1n) is 5.06. The van der Waals surface area contributed by atoms with Crippen LogP contribution in [-0.4, -0.2) is 20.5 Å². The number of aromatic carboxylic acids is 1. The lowest BCUT2D eigenvalue weighted by Crippen LogP contribution is -1.94. The van der Waals surface area contributed by atoms with E-state index in [9.17, 15) is 4.79 Å². The molecule has 0 amide bonds. The number of halogens is 1. The number of carbonyl (C=O) groups is 1. The zero-order valence-electron chi connectivity index (χ0n) is 8.35. The molecular weight excluding hydrogens is 272 g/mol. The molecule has 1 saturated carbocycles. The van der Waals surface area contributed by atoms with Crippen LogP contribution in [0.3, 0.4) is 0 Å². The van der Waals surface area contributed by atoms with Gasteiger partial charge in [-0.3, -0.25) is 0 Å². The third-order valence-electron chi connectivity index (χ3n) is 2.80. The third-order valence-corrected chi connectivity index (χ3v) is 3.38. The van der Waals surface area contributed by atoms with Crippen molar-refractivity contribution in [2.45, 2.75) is 18.8 Å². The summed E-state index contributed by atoms with van der Waals surface area (Å²) in [5.41, 5.74) is 1.98. The number of hydrogen-bond donors (Lipinski definition) is 1.